The maximum absolute atomic E-state index is 5.89. The fourth-order valence-electron chi connectivity index (χ4n) is 1.75. The number of para-hydroxylation sites is 1. The Morgan fingerprint density at radius 3 is 2.92 bits per heavy atom. The molecule has 2 rings (SSSR count). The van der Waals surface area contributed by atoms with Crippen LogP contribution in [-0.2, 0) is 0 Å². The minimum absolute atomic E-state index is 0.0636. The molecule has 0 radical (unpaired) electrons. The molecule has 0 unspecified atom stereocenters. The molecular formula is C11H15NO. The number of nitrogens with two attached hydrogens (primary N) is 1. The minimum atomic E-state index is 0.0636. The molecule has 0 aliphatic carbocycles. The fraction of sp³-hybridized carbons (Fsp3) is 0.455. The first-order valence-electron chi connectivity index (χ1n) is 4.71. The van der Waals surface area contributed by atoms with Gasteiger partial charge >= 0.3 is 0 Å². The lowest BCUT2D eigenvalue weighted by molar-refractivity contribution is 0.329. The Hall–Kier alpha value is -1.02. The highest BCUT2D eigenvalue weighted by molar-refractivity contribution is 5.47. The first kappa shape index (κ1) is 8.57. The van der Waals surface area contributed by atoms with E-state index in [2.05, 4.69) is 32.0 Å². The van der Waals surface area contributed by atoms with Crippen molar-refractivity contribution >= 4 is 0 Å². The number of rotatable bonds is 1. The zero-order valence-corrected chi connectivity index (χ0v) is 8.08. The summed E-state index contributed by atoms with van der Waals surface area (Å²) in [5, 5.41) is 0. The second kappa shape index (κ2) is 3.04. The first-order chi connectivity index (χ1) is 6.20. The van der Waals surface area contributed by atoms with Crippen molar-refractivity contribution in [3.63, 3.8) is 0 Å². The Kier molecular flexibility index (Phi) is 2.00. The molecule has 13 heavy (non-hydrogen) atoms. The molecule has 0 fully saturated rings. The summed E-state index contributed by atoms with van der Waals surface area (Å²) in [5.74, 6) is 1.52. The van der Waals surface area contributed by atoms with Crippen LogP contribution in [0.5, 0.6) is 5.75 Å². The molecule has 0 amide bonds. The van der Waals surface area contributed by atoms with Crippen molar-refractivity contribution in [2.75, 3.05) is 6.61 Å². The number of ether oxygens (including phenoxy) is 1. The highest BCUT2D eigenvalue weighted by Crippen LogP contribution is 2.37. The molecule has 1 atom stereocenters. The lowest BCUT2D eigenvalue weighted by Crippen LogP contribution is -2.10. The second-order valence-corrected chi connectivity index (χ2v) is 3.84. The molecule has 1 aromatic carbocycles. The standard InChI is InChI=1S/C11H15NO/c1-7(2)8-4-3-5-9-10(12)6-13-11(8)9/h3-5,7,10H,6,12H2,1-2H3/t10-/m1/s1. The van der Waals surface area contributed by atoms with Crippen LogP contribution in [0.4, 0.5) is 0 Å². The lowest BCUT2D eigenvalue weighted by atomic mass is 9.98. The van der Waals surface area contributed by atoms with E-state index in [1.807, 2.05) is 0 Å². The summed E-state index contributed by atoms with van der Waals surface area (Å²) in [6, 6.07) is 6.29. The van der Waals surface area contributed by atoms with Crippen molar-refractivity contribution in [2.24, 2.45) is 5.73 Å². The van der Waals surface area contributed by atoms with Gasteiger partial charge in [-0.1, -0.05) is 32.0 Å². The van der Waals surface area contributed by atoms with Crippen molar-refractivity contribution in [2.45, 2.75) is 25.8 Å². The molecule has 0 saturated carbocycles. The Morgan fingerprint density at radius 1 is 1.46 bits per heavy atom. The summed E-state index contributed by atoms with van der Waals surface area (Å²) in [4.78, 5) is 0. The predicted octanol–water partition coefficient (Wildman–Crippen LogP) is 2.20. The molecule has 1 aromatic rings. The Balaban J connectivity index is 2.51. The van der Waals surface area contributed by atoms with E-state index in [9.17, 15) is 0 Å². The average molecular weight is 177 g/mol. The van der Waals surface area contributed by atoms with Gasteiger partial charge < -0.3 is 10.5 Å². The van der Waals surface area contributed by atoms with E-state index in [1.54, 1.807) is 0 Å². The van der Waals surface area contributed by atoms with Crippen LogP contribution < -0.4 is 10.5 Å². The molecule has 0 spiro atoms. The zero-order valence-electron chi connectivity index (χ0n) is 8.08. The number of benzene rings is 1. The van der Waals surface area contributed by atoms with Gasteiger partial charge in [0.2, 0.25) is 0 Å². The molecular weight excluding hydrogens is 162 g/mol. The topological polar surface area (TPSA) is 35.2 Å². The second-order valence-electron chi connectivity index (χ2n) is 3.84. The molecule has 0 saturated heterocycles. The number of hydrogen-bond donors (Lipinski definition) is 1. The van der Waals surface area contributed by atoms with Gasteiger partial charge in [0.1, 0.15) is 12.4 Å². The SMILES string of the molecule is CC(C)c1cccc2c1OC[C@H]2N. The van der Waals surface area contributed by atoms with E-state index in [4.69, 9.17) is 10.5 Å². The molecule has 1 aliphatic heterocycles. The summed E-state index contributed by atoms with van der Waals surface area (Å²) < 4.78 is 5.58. The quantitative estimate of drug-likeness (QED) is 0.713. The summed E-state index contributed by atoms with van der Waals surface area (Å²) in [5.41, 5.74) is 8.32. The summed E-state index contributed by atoms with van der Waals surface area (Å²) in [7, 11) is 0. The Bertz CT molecular complexity index is 320. The van der Waals surface area contributed by atoms with Crippen LogP contribution in [0.1, 0.15) is 36.9 Å². The van der Waals surface area contributed by atoms with E-state index >= 15 is 0 Å². The van der Waals surface area contributed by atoms with E-state index in [1.165, 1.54) is 5.56 Å². The first-order valence-corrected chi connectivity index (χ1v) is 4.71. The van der Waals surface area contributed by atoms with Crippen molar-refractivity contribution < 1.29 is 4.74 Å². The van der Waals surface area contributed by atoms with Crippen molar-refractivity contribution in [1.82, 2.24) is 0 Å². The normalized spacial score (nSPS) is 20.2. The van der Waals surface area contributed by atoms with Gasteiger partial charge in [0, 0.05) is 5.56 Å². The maximum atomic E-state index is 5.89. The predicted molar refractivity (Wildman–Crippen MR) is 53.0 cm³/mol. The number of fused-ring (bicyclic) bond motifs is 1. The largest absolute Gasteiger partial charge is 0.491 e. The van der Waals surface area contributed by atoms with Crippen molar-refractivity contribution in [3.05, 3.63) is 29.3 Å². The van der Waals surface area contributed by atoms with Gasteiger partial charge in [-0.3, -0.25) is 0 Å². The number of hydrogen-bond acceptors (Lipinski definition) is 2. The average Bonchev–Trinajstić information content (AvgIpc) is 2.48. The summed E-state index contributed by atoms with van der Waals surface area (Å²) in [6.45, 7) is 4.96. The van der Waals surface area contributed by atoms with Gasteiger partial charge in [-0.25, -0.2) is 0 Å². The highest BCUT2D eigenvalue weighted by atomic mass is 16.5. The molecule has 1 aliphatic rings. The van der Waals surface area contributed by atoms with Crippen LogP contribution >= 0.6 is 0 Å². The smallest absolute Gasteiger partial charge is 0.127 e. The van der Waals surface area contributed by atoms with Gasteiger partial charge in [0.15, 0.2) is 0 Å². The third-order valence-corrected chi connectivity index (χ3v) is 2.50. The van der Waals surface area contributed by atoms with Crippen LogP contribution in [0, 0.1) is 0 Å². The van der Waals surface area contributed by atoms with Gasteiger partial charge in [0.25, 0.3) is 0 Å². The molecule has 2 N–H and O–H groups in total. The molecule has 1 heterocycles. The van der Waals surface area contributed by atoms with Crippen LogP contribution in [-0.4, -0.2) is 6.61 Å². The molecule has 2 nitrogen and oxygen atoms in total. The lowest BCUT2D eigenvalue weighted by Gasteiger charge is -2.10. The van der Waals surface area contributed by atoms with Crippen LogP contribution in [0.2, 0.25) is 0 Å². The van der Waals surface area contributed by atoms with E-state index in [0.717, 1.165) is 11.3 Å². The van der Waals surface area contributed by atoms with Gasteiger partial charge in [-0.05, 0) is 11.5 Å². The molecule has 70 valence electrons. The molecule has 0 aromatic heterocycles. The van der Waals surface area contributed by atoms with Crippen LogP contribution in [0.25, 0.3) is 0 Å². The monoisotopic (exact) mass is 177 g/mol. The third kappa shape index (κ3) is 1.31. The van der Waals surface area contributed by atoms with E-state index in [-0.39, 0.29) is 6.04 Å². The van der Waals surface area contributed by atoms with Crippen LogP contribution in [0.3, 0.4) is 0 Å². The van der Waals surface area contributed by atoms with Crippen molar-refractivity contribution in [3.8, 4) is 5.75 Å². The van der Waals surface area contributed by atoms with Gasteiger partial charge in [0.05, 0.1) is 6.04 Å². The van der Waals surface area contributed by atoms with E-state index < -0.39 is 0 Å². The Labute approximate surface area is 78.7 Å². The maximum Gasteiger partial charge on any atom is 0.127 e. The fourth-order valence-corrected chi connectivity index (χ4v) is 1.75. The van der Waals surface area contributed by atoms with Gasteiger partial charge in [-0.2, -0.15) is 0 Å². The van der Waals surface area contributed by atoms with Gasteiger partial charge in [-0.15, -0.1) is 0 Å². The molecule has 2 heteroatoms. The van der Waals surface area contributed by atoms with E-state index in [0.29, 0.717) is 12.5 Å². The van der Waals surface area contributed by atoms with Crippen molar-refractivity contribution in [1.29, 1.82) is 0 Å². The molecule has 0 bridgehead atoms. The van der Waals surface area contributed by atoms with Crippen LogP contribution in [0.15, 0.2) is 18.2 Å². The minimum Gasteiger partial charge on any atom is -0.491 e. The third-order valence-electron chi connectivity index (χ3n) is 2.50. The summed E-state index contributed by atoms with van der Waals surface area (Å²) in [6.07, 6.45) is 0. The highest BCUT2D eigenvalue weighted by Gasteiger charge is 2.23. The summed E-state index contributed by atoms with van der Waals surface area (Å²) >= 11 is 0. The zero-order chi connectivity index (χ0) is 9.42. The Morgan fingerprint density at radius 2 is 2.23 bits per heavy atom.